The molecule has 1 aromatic rings. The molecule has 0 aromatic heterocycles. The first-order valence-corrected chi connectivity index (χ1v) is 4.66. The molecule has 0 aliphatic heterocycles. The Morgan fingerprint density at radius 3 is 2.29 bits per heavy atom. The molecule has 0 bridgehead atoms. The maximum atomic E-state index is 12.8. The summed E-state index contributed by atoms with van der Waals surface area (Å²) >= 11 is 0. The number of rotatable bonds is 2. The predicted molar refractivity (Wildman–Crippen MR) is 53.1 cm³/mol. The second-order valence-electron chi connectivity index (χ2n) is 4.04. The van der Waals surface area contributed by atoms with E-state index in [1.165, 1.54) is 0 Å². The summed E-state index contributed by atoms with van der Waals surface area (Å²) in [4.78, 5) is 0. The highest BCUT2D eigenvalue weighted by molar-refractivity contribution is 5.51. The van der Waals surface area contributed by atoms with Crippen molar-refractivity contribution in [1.82, 2.24) is 0 Å². The summed E-state index contributed by atoms with van der Waals surface area (Å²) in [6.45, 7) is 1.59. The highest BCUT2D eigenvalue weighted by Gasteiger charge is 2.66. The highest BCUT2D eigenvalue weighted by atomic mass is 19.3. The van der Waals surface area contributed by atoms with Crippen molar-refractivity contribution in [2.24, 2.45) is 5.41 Å². The normalized spacial score (nSPS) is 29.4. The van der Waals surface area contributed by atoms with Crippen LogP contribution in [0.1, 0.15) is 18.9 Å². The van der Waals surface area contributed by atoms with Crippen LogP contribution < -0.4 is 0 Å². The third-order valence-corrected chi connectivity index (χ3v) is 2.74. The summed E-state index contributed by atoms with van der Waals surface area (Å²) in [6.07, 6.45) is 3.35. The minimum Gasteiger partial charge on any atom is -0.206 e. The molecule has 2 rings (SSSR count). The van der Waals surface area contributed by atoms with Crippen LogP contribution in [0.4, 0.5) is 8.78 Å². The molecule has 1 aliphatic carbocycles. The van der Waals surface area contributed by atoms with Crippen molar-refractivity contribution < 1.29 is 8.78 Å². The zero-order valence-corrected chi connectivity index (χ0v) is 8.00. The lowest BCUT2D eigenvalue weighted by Gasteiger charge is -2.01. The first-order valence-electron chi connectivity index (χ1n) is 4.66. The van der Waals surface area contributed by atoms with E-state index in [1.807, 2.05) is 30.3 Å². The van der Waals surface area contributed by atoms with Gasteiger partial charge in [0.25, 0.3) is 5.92 Å². The third kappa shape index (κ3) is 1.57. The van der Waals surface area contributed by atoms with E-state index < -0.39 is 11.3 Å². The number of hydrogen-bond acceptors (Lipinski definition) is 0. The molecule has 2 heteroatoms. The number of hydrogen-bond donors (Lipinski definition) is 0. The fraction of sp³-hybridized carbons (Fsp3) is 0.333. The van der Waals surface area contributed by atoms with Gasteiger partial charge in [-0.15, -0.1) is 0 Å². The van der Waals surface area contributed by atoms with Crippen LogP contribution >= 0.6 is 0 Å². The van der Waals surface area contributed by atoms with Crippen molar-refractivity contribution in [3.8, 4) is 0 Å². The summed E-state index contributed by atoms with van der Waals surface area (Å²) in [5.41, 5.74) is 0.0551. The van der Waals surface area contributed by atoms with E-state index >= 15 is 0 Å². The Bertz CT molecular complexity index is 354. The Morgan fingerprint density at radius 2 is 1.79 bits per heavy atom. The largest absolute Gasteiger partial charge is 0.258 e. The van der Waals surface area contributed by atoms with E-state index in [0.717, 1.165) is 5.56 Å². The summed E-state index contributed by atoms with van der Waals surface area (Å²) in [5.74, 6) is -2.50. The lowest BCUT2D eigenvalue weighted by Crippen LogP contribution is -2.01. The van der Waals surface area contributed by atoms with Gasteiger partial charge >= 0.3 is 0 Å². The van der Waals surface area contributed by atoms with Gasteiger partial charge in [0.2, 0.25) is 0 Å². The van der Waals surface area contributed by atoms with Crippen molar-refractivity contribution in [2.75, 3.05) is 0 Å². The quantitative estimate of drug-likeness (QED) is 0.672. The summed E-state index contributed by atoms with van der Waals surface area (Å²) in [7, 11) is 0. The monoisotopic (exact) mass is 194 g/mol. The van der Waals surface area contributed by atoms with Crippen LogP contribution in [-0.2, 0) is 0 Å². The van der Waals surface area contributed by atoms with Crippen molar-refractivity contribution in [2.45, 2.75) is 19.3 Å². The van der Waals surface area contributed by atoms with Crippen LogP contribution in [0.5, 0.6) is 0 Å². The second kappa shape index (κ2) is 2.91. The summed E-state index contributed by atoms with van der Waals surface area (Å²) < 4.78 is 25.7. The average Bonchev–Trinajstić information content (AvgIpc) is 2.65. The molecule has 1 unspecified atom stereocenters. The van der Waals surface area contributed by atoms with Crippen LogP contribution in [0.3, 0.4) is 0 Å². The molecule has 0 amide bonds. The van der Waals surface area contributed by atoms with Crippen LogP contribution in [-0.4, -0.2) is 5.92 Å². The number of halogens is 2. The van der Waals surface area contributed by atoms with E-state index in [2.05, 4.69) is 0 Å². The number of benzene rings is 1. The molecule has 1 aliphatic rings. The second-order valence-corrected chi connectivity index (χ2v) is 4.04. The van der Waals surface area contributed by atoms with E-state index in [9.17, 15) is 8.78 Å². The molecule has 1 atom stereocenters. The molecule has 1 saturated carbocycles. The van der Waals surface area contributed by atoms with Gasteiger partial charge in [-0.05, 0) is 5.56 Å². The molecular formula is C12H12F2. The zero-order valence-electron chi connectivity index (χ0n) is 8.00. The number of allylic oxidation sites excluding steroid dienone is 1. The van der Waals surface area contributed by atoms with Crippen molar-refractivity contribution in [3.63, 3.8) is 0 Å². The Morgan fingerprint density at radius 1 is 1.21 bits per heavy atom. The van der Waals surface area contributed by atoms with Gasteiger partial charge in [0.15, 0.2) is 0 Å². The molecule has 0 heterocycles. The molecule has 74 valence electrons. The van der Waals surface area contributed by atoms with Crippen LogP contribution in [0, 0.1) is 5.41 Å². The maximum absolute atomic E-state index is 12.8. The lowest BCUT2D eigenvalue weighted by atomic mass is 10.1. The molecule has 0 saturated heterocycles. The van der Waals surface area contributed by atoms with Crippen molar-refractivity contribution in [3.05, 3.63) is 42.0 Å². The lowest BCUT2D eigenvalue weighted by molar-refractivity contribution is 0.0847. The standard InChI is InChI=1S/C12H12F2/c1-11(9-12(11,13)14)8-7-10-5-3-2-4-6-10/h2-8H,9H2,1H3/b8-7+. The average molecular weight is 194 g/mol. The van der Waals surface area contributed by atoms with E-state index in [4.69, 9.17) is 0 Å². The number of alkyl halides is 2. The van der Waals surface area contributed by atoms with E-state index in [1.54, 1.807) is 19.1 Å². The Labute approximate surface area is 82.3 Å². The van der Waals surface area contributed by atoms with Gasteiger partial charge in [-0.3, -0.25) is 0 Å². The molecule has 14 heavy (non-hydrogen) atoms. The first kappa shape index (κ1) is 9.38. The van der Waals surface area contributed by atoms with Crippen molar-refractivity contribution >= 4 is 6.08 Å². The van der Waals surface area contributed by atoms with Gasteiger partial charge in [0.1, 0.15) is 0 Å². The fourth-order valence-corrected chi connectivity index (χ4v) is 1.44. The molecule has 0 spiro atoms. The van der Waals surface area contributed by atoms with Gasteiger partial charge in [0, 0.05) is 6.42 Å². The first-order chi connectivity index (χ1) is 6.54. The molecule has 0 radical (unpaired) electrons. The van der Waals surface area contributed by atoms with Gasteiger partial charge in [0.05, 0.1) is 5.41 Å². The Balaban J connectivity index is 2.10. The minimum absolute atomic E-state index is 0.0245. The topological polar surface area (TPSA) is 0 Å². The Kier molecular flexibility index (Phi) is 1.95. The van der Waals surface area contributed by atoms with Crippen LogP contribution in [0.25, 0.3) is 6.08 Å². The zero-order chi connectivity index (χ0) is 10.2. The smallest absolute Gasteiger partial charge is 0.206 e. The highest BCUT2D eigenvalue weighted by Crippen LogP contribution is 2.61. The summed E-state index contributed by atoms with van der Waals surface area (Å²) in [5, 5.41) is 0. The molecular weight excluding hydrogens is 182 g/mol. The predicted octanol–water partition coefficient (Wildman–Crippen LogP) is 3.75. The maximum Gasteiger partial charge on any atom is 0.258 e. The van der Waals surface area contributed by atoms with Crippen molar-refractivity contribution in [1.29, 1.82) is 0 Å². The molecule has 1 aromatic carbocycles. The Hall–Kier alpha value is -1.18. The van der Waals surface area contributed by atoms with Gasteiger partial charge in [-0.1, -0.05) is 49.4 Å². The van der Waals surface area contributed by atoms with Crippen LogP contribution in [0.2, 0.25) is 0 Å². The molecule has 0 nitrogen and oxygen atoms in total. The SMILES string of the molecule is CC1(/C=C/c2ccccc2)CC1(F)F. The third-order valence-electron chi connectivity index (χ3n) is 2.74. The summed E-state index contributed by atoms with van der Waals surface area (Å²) in [6, 6.07) is 9.51. The van der Waals surface area contributed by atoms with Crippen LogP contribution in [0.15, 0.2) is 36.4 Å². The van der Waals surface area contributed by atoms with Gasteiger partial charge < -0.3 is 0 Å². The molecule has 0 N–H and O–H groups in total. The minimum atomic E-state index is -2.50. The van der Waals surface area contributed by atoms with E-state index in [-0.39, 0.29) is 6.42 Å². The molecule has 1 fully saturated rings. The fourth-order valence-electron chi connectivity index (χ4n) is 1.44. The van der Waals surface area contributed by atoms with E-state index in [0.29, 0.717) is 0 Å². The van der Waals surface area contributed by atoms with Gasteiger partial charge in [-0.25, -0.2) is 8.78 Å². The van der Waals surface area contributed by atoms with Gasteiger partial charge in [-0.2, -0.15) is 0 Å².